The molecule has 0 radical (unpaired) electrons. The number of amides is 1. The average molecular weight is 270 g/mol. The molecule has 1 unspecified atom stereocenters. The lowest BCUT2D eigenvalue weighted by molar-refractivity contribution is -0.124. The summed E-state index contributed by atoms with van der Waals surface area (Å²) in [7, 11) is 0. The molecule has 1 aliphatic rings. The van der Waals surface area contributed by atoms with Crippen molar-refractivity contribution < 1.29 is 4.79 Å². The van der Waals surface area contributed by atoms with E-state index in [1.54, 1.807) is 0 Å². The lowest BCUT2D eigenvalue weighted by atomic mass is 9.68. The van der Waals surface area contributed by atoms with Crippen LogP contribution in [0, 0.1) is 22.7 Å². The van der Waals surface area contributed by atoms with Gasteiger partial charge in [0.1, 0.15) is 0 Å². The summed E-state index contributed by atoms with van der Waals surface area (Å²) in [6.45, 7) is 4.37. The number of nitriles is 1. The van der Waals surface area contributed by atoms with Gasteiger partial charge in [0.05, 0.1) is 12.5 Å². The molecule has 1 aromatic carbocycles. The normalized spacial score (nSPS) is 20.9. The molecule has 1 atom stereocenters. The summed E-state index contributed by atoms with van der Waals surface area (Å²) in [4.78, 5) is 12.4. The van der Waals surface area contributed by atoms with Gasteiger partial charge in [-0.3, -0.25) is 4.79 Å². The highest BCUT2D eigenvalue weighted by Crippen LogP contribution is 2.41. The van der Waals surface area contributed by atoms with Crippen LogP contribution in [0.5, 0.6) is 0 Å². The van der Waals surface area contributed by atoms with Gasteiger partial charge < -0.3 is 5.32 Å². The number of benzene rings is 1. The molecule has 1 aliphatic carbocycles. The van der Waals surface area contributed by atoms with Crippen LogP contribution in [0.1, 0.15) is 45.1 Å². The van der Waals surface area contributed by atoms with E-state index in [0.29, 0.717) is 6.42 Å². The van der Waals surface area contributed by atoms with Crippen molar-refractivity contribution in [3.05, 3.63) is 29.8 Å². The van der Waals surface area contributed by atoms with E-state index in [2.05, 4.69) is 25.2 Å². The van der Waals surface area contributed by atoms with E-state index in [-0.39, 0.29) is 17.2 Å². The predicted octanol–water partition coefficient (Wildman–Crippen LogP) is 3.91. The van der Waals surface area contributed by atoms with Crippen molar-refractivity contribution in [1.29, 1.82) is 5.26 Å². The SMILES string of the molecule is CC1(C)CCCCC1C(=O)Nc1ccc(CC#N)cc1. The van der Waals surface area contributed by atoms with E-state index >= 15 is 0 Å². The Morgan fingerprint density at radius 3 is 2.65 bits per heavy atom. The van der Waals surface area contributed by atoms with Gasteiger partial charge in [-0.2, -0.15) is 5.26 Å². The van der Waals surface area contributed by atoms with Crippen molar-refractivity contribution in [3.63, 3.8) is 0 Å². The van der Waals surface area contributed by atoms with Crippen molar-refractivity contribution in [3.8, 4) is 6.07 Å². The number of nitrogens with zero attached hydrogens (tertiary/aromatic N) is 1. The molecular formula is C17H22N2O. The van der Waals surface area contributed by atoms with Crippen LogP contribution in [-0.4, -0.2) is 5.91 Å². The Morgan fingerprint density at radius 1 is 1.35 bits per heavy atom. The summed E-state index contributed by atoms with van der Waals surface area (Å²) >= 11 is 0. The molecule has 2 rings (SSSR count). The van der Waals surface area contributed by atoms with Gasteiger partial charge >= 0.3 is 0 Å². The molecule has 0 saturated heterocycles. The van der Waals surface area contributed by atoms with Crippen LogP contribution in [-0.2, 0) is 11.2 Å². The number of anilines is 1. The molecule has 3 nitrogen and oxygen atoms in total. The second kappa shape index (κ2) is 6.09. The first kappa shape index (κ1) is 14.6. The molecule has 0 spiro atoms. The van der Waals surface area contributed by atoms with E-state index in [0.717, 1.165) is 30.5 Å². The van der Waals surface area contributed by atoms with Crippen LogP contribution < -0.4 is 5.32 Å². The van der Waals surface area contributed by atoms with Gasteiger partial charge in [-0.25, -0.2) is 0 Å². The fourth-order valence-corrected chi connectivity index (χ4v) is 3.01. The summed E-state index contributed by atoms with van der Waals surface area (Å²) in [6.07, 6.45) is 4.86. The molecule has 0 bridgehead atoms. The smallest absolute Gasteiger partial charge is 0.228 e. The molecule has 20 heavy (non-hydrogen) atoms. The molecule has 1 amide bonds. The predicted molar refractivity (Wildman–Crippen MR) is 80.1 cm³/mol. The molecule has 0 heterocycles. The number of carbonyl (C=O) groups excluding carboxylic acids is 1. The quantitative estimate of drug-likeness (QED) is 0.905. The Balaban J connectivity index is 2.02. The fraction of sp³-hybridized carbons (Fsp3) is 0.529. The minimum atomic E-state index is 0.0864. The second-order valence-corrected chi connectivity index (χ2v) is 6.31. The second-order valence-electron chi connectivity index (χ2n) is 6.31. The molecule has 0 aromatic heterocycles. The maximum Gasteiger partial charge on any atom is 0.228 e. The monoisotopic (exact) mass is 270 g/mol. The maximum absolute atomic E-state index is 12.4. The largest absolute Gasteiger partial charge is 0.326 e. The van der Waals surface area contributed by atoms with Crippen LogP contribution in [0.2, 0.25) is 0 Å². The first-order valence-corrected chi connectivity index (χ1v) is 7.30. The Bertz CT molecular complexity index is 511. The van der Waals surface area contributed by atoms with E-state index in [1.807, 2.05) is 24.3 Å². The minimum Gasteiger partial charge on any atom is -0.326 e. The first-order chi connectivity index (χ1) is 9.53. The van der Waals surface area contributed by atoms with Crippen LogP contribution in [0.25, 0.3) is 0 Å². The lowest BCUT2D eigenvalue weighted by Gasteiger charge is -2.37. The number of rotatable bonds is 3. The molecule has 106 valence electrons. The van der Waals surface area contributed by atoms with Crippen molar-refractivity contribution >= 4 is 11.6 Å². The average Bonchev–Trinajstić information content (AvgIpc) is 2.40. The van der Waals surface area contributed by atoms with E-state index < -0.39 is 0 Å². The lowest BCUT2D eigenvalue weighted by Crippen LogP contribution is -2.37. The van der Waals surface area contributed by atoms with Gasteiger partial charge in [0.25, 0.3) is 0 Å². The summed E-state index contributed by atoms with van der Waals surface area (Å²) in [5, 5.41) is 11.7. The molecule has 1 N–H and O–H groups in total. The molecule has 3 heteroatoms. The van der Waals surface area contributed by atoms with Gasteiger partial charge in [0.15, 0.2) is 0 Å². The van der Waals surface area contributed by atoms with Crippen LogP contribution in [0.4, 0.5) is 5.69 Å². The molecular weight excluding hydrogens is 248 g/mol. The summed E-state index contributed by atoms with van der Waals surface area (Å²) in [5.41, 5.74) is 1.88. The highest BCUT2D eigenvalue weighted by Gasteiger charge is 2.36. The van der Waals surface area contributed by atoms with Crippen molar-refractivity contribution in [2.45, 2.75) is 46.0 Å². The third-order valence-electron chi connectivity index (χ3n) is 4.33. The van der Waals surface area contributed by atoms with Crippen molar-refractivity contribution in [2.75, 3.05) is 5.32 Å². The fourth-order valence-electron chi connectivity index (χ4n) is 3.01. The summed E-state index contributed by atoms with van der Waals surface area (Å²) in [5.74, 6) is 0.220. The summed E-state index contributed by atoms with van der Waals surface area (Å²) < 4.78 is 0. The zero-order valence-electron chi connectivity index (χ0n) is 12.3. The van der Waals surface area contributed by atoms with Crippen molar-refractivity contribution in [2.24, 2.45) is 11.3 Å². The Morgan fingerprint density at radius 2 is 2.05 bits per heavy atom. The van der Waals surface area contributed by atoms with E-state index in [1.165, 1.54) is 6.42 Å². The number of nitrogens with one attached hydrogen (secondary N) is 1. The topological polar surface area (TPSA) is 52.9 Å². The maximum atomic E-state index is 12.4. The van der Waals surface area contributed by atoms with Crippen LogP contribution in [0.3, 0.4) is 0 Å². The zero-order chi connectivity index (χ0) is 14.6. The van der Waals surface area contributed by atoms with Gasteiger partial charge in [0, 0.05) is 11.6 Å². The molecule has 0 aliphatic heterocycles. The molecule has 1 fully saturated rings. The Labute approximate surface area is 121 Å². The standard InChI is InChI=1S/C17H22N2O/c1-17(2)11-4-3-5-15(17)16(20)19-14-8-6-13(7-9-14)10-12-18/h6-9,15H,3-5,10-11H2,1-2H3,(H,19,20). The van der Waals surface area contributed by atoms with Gasteiger partial charge in [-0.15, -0.1) is 0 Å². The third-order valence-corrected chi connectivity index (χ3v) is 4.33. The van der Waals surface area contributed by atoms with E-state index in [4.69, 9.17) is 5.26 Å². The number of hydrogen-bond donors (Lipinski definition) is 1. The van der Waals surface area contributed by atoms with Gasteiger partial charge in [-0.1, -0.05) is 38.8 Å². The number of hydrogen-bond acceptors (Lipinski definition) is 2. The number of carbonyl (C=O) groups is 1. The van der Waals surface area contributed by atoms with Gasteiger partial charge in [0.2, 0.25) is 5.91 Å². The van der Waals surface area contributed by atoms with Gasteiger partial charge in [-0.05, 0) is 36.0 Å². The Kier molecular flexibility index (Phi) is 4.44. The third kappa shape index (κ3) is 3.39. The minimum absolute atomic E-state index is 0.0864. The van der Waals surface area contributed by atoms with Crippen LogP contribution in [0.15, 0.2) is 24.3 Å². The Hall–Kier alpha value is -1.82. The van der Waals surface area contributed by atoms with Crippen molar-refractivity contribution in [1.82, 2.24) is 0 Å². The highest BCUT2D eigenvalue weighted by atomic mass is 16.1. The molecule has 1 saturated carbocycles. The zero-order valence-corrected chi connectivity index (χ0v) is 12.3. The summed E-state index contributed by atoms with van der Waals surface area (Å²) in [6, 6.07) is 9.66. The van der Waals surface area contributed by atoms with Crippen LogP contribution >= 0.6 is 0 Å². The highest BCUT2D eigenvalue weighted by molar-refractivity contribution is 5.93. The molecule has 1 aromatic rings. The first-order valence-electron chi connectivity index (χ1n) is 7.30. The van der Waals surface area contributed by atoms with E-state index in [9.17, 15) is 4.79 Å².